The first kappa shape index (κ1) is 23.4. The summed E-state index contributed by atoms with van der Waals surface area (Å²) >= 11 is 6.44. The maximum absolute atomic E-state index is 14.1. The van der Waals surface area contributed by atoms with Crippen LogP contribution in [0.2, 0.25) is 5.02 Å². The van der Waals surface area contributed by atoms with Crippen molar-refractivity contribution in [3.63, 3.8) is 0 Å². The Morgan fingerprint density at radius 1 is 0.949 bits per heavy atom. The summed E-state index contributed by atoms with van der Waals surface area (Å²) < 4.78 is 5.72. The number of ketones is 2. The van der Waals surface area contributed by atoms with Gasteiger partial charge in [0.1, 0.15) is 11.4 Å². The number of nitrogens with one attached hydrogen (secondary N) is 1. The normalized spacial score (nSPS) is 19.6. The van der Waals surface area contributed by atoms with E-state index in [9.17, 15) is 14.4 Å². The molecule has 2 aliphatic heterocycles. The zero-order valence-electron chi connectivity index (χ0n) is 20.7. The van der Waals surface area contributed by atoms with Gasteiger partial charge in [-0.2, -0.15) is 0 Å². The molecule has 1 spiro atoms. The number of amides is 1. The van der Waals surface area contributed by atoms with Crippen molar-refractivity contribution in [2.75, 3.05) is 16.8 Å². The van der Waals surface area contributed by atoms with Gasteiger partial charge in [-0.3, -0.25) is 14.4 Å². The average Bonchev–Trinajstić information content (AvgIpc) is 3.59. The predicted molar refractivity (Wildman–Crippen MR) is 148 cm³/mol. The van der Waals surface area contributed by atoms with Gasteiger partial charge in [0.05, 0.1) is 0 Å². The molecule has 0 fully saturated rings. The Kier molecular flexibility index (Phi) is 5.02. The molecule has 0 saturated carbocycles. The summed E-state index contributed by atoms with van der Waals surface area (Å²) in [7, 11) is 0. The Labute approximate surface area is 228 Å². The fourth-order valence-corrected chi connectivity index (χ4v) is 6.12. The minimum absolute atomic E-state index is 0.0157. The molecule has 3 heterocycles. The van der Waals surface area contributed by atoms with Gasteiger partial charge in [-0.15, -0.1) is 0 Å². The largest absolute Gasteiger partial charge is 0.354 e. The Morgan fingerprint density at radius 2 is 1.67 bits per heavy atom. The van der Waals surface area contributed by atoms with E-state index in [1.165, 1.54) is 0 Å². The number of aryl methyl sites for hydroxylation is 1. The van der Waals surface area contributed by atoms with Crippen LogP contribution < -0.4 is 10.2 Å². The molecular formula is C31H20ClN3O4. The van der Waals surface area contributed by atoms with Gasteiger partial charge in [0.25, 0.3) is 5.91 Å². The van der Waals surface area contributed by atoms with E-state index in [2.05, 4.69) is 10.5 Å². The molecule has 39 heavy (non-hydrogen) atoms. The third kappa shape index (κ3) is 3.17. The molecule has 1 aromatic heterocycles. The van der Waals surface area contributed by atoms with Crippen molar-refractivity contribution >= 4 is 52.6 Å². The van der Waals surface area contributed by atoms with Gasteiger partial charge in [-0.1, -0.05) is 77.4 Å². The molecule has 1 unspecified atom stereocenters. The molecule has 0 bridgehead atoms. The van der Waals surface area contributed by atoms with E-state index < -0.39 is 11.4 Å². The highest BCUT2D eigenvalue weighted by atomic mass is 35.5. The summed E-state index contributed by atoms with van der Waals surface area (Å²) in [4.78, 5) is 43.9. The fourth-order valence-electron chi connectivity index (χ4n) is 5.95. The van der Waals surface area contributed by atoms with Gasteiger partial charge < -0.3 is 14.7 Å². The zero-order valence-corrected chi connectivity index (χ0v) is 21.5. The van der Waals surface area contributed by atoms with E-state index >= 15 is 0 Å². The van der Waals surface area contributed by atoms with Crippen LogP contribution in [0, 0.1) is 6.92 Å². The highest BCUT2D eigenvalue weighted by Gasteiger charge is 2.63. The lowest BCUT2D eigenvalue weighted by atomic mass is 9.74. The Hall–Kier alpha value is -4.75. The molecule has 0 radical (unpaired) electrons. The number of anilines is 2. The van der Waals surface area contributed by atoms with Crippen LogP contribution in [0.4, 0.5) is 11.4 Å². The lowest BCUT2D eigenvalue weighted by Crippen LogP contribution is -2.51. The molecule has 190 valence electrons. The van der Waals surface area contributed by atoms with Crippen LogP contribution in [-0.2, 0) is 10.3 Å². The van der Waals surface area contributed by atoms with E-state index in [1.54, 1.807) is 60.4 Å². The second-order valence-electron chi connectivity index (χ2n) is 9.72. The third-order valence-corrected chi connectivity index (χ3v) is 7.84. The number of Topliss-reactive ketones (excluding diaryl/α,β-unsaturated/α-hetero) is 2. The highest BCUT2D eigenvalue weighted by Crippen LogP contribution is 2.55. The lowest BCUT2D eigenvalue weighted by Gasteiger charge is -2.37. The van der Waals surface area contributed by atoms with Crippen molar-refractivity contribution in [3.05, 3.63) is 123 Å². The van der Waals surface area contributed by atoms with Crippen molar-refractivity contribution in [3.8, 4) is 0 Å². The van der Waals surface area contributed by atoms with E-state index in [1.807, 2.05) is 36.4 Å². The van der Waals surface area contributed by atoms with Gasteiger partial charge in [0.2, 0.25) is 0 Å². The van der Waals surface area contributed by atoms with Crippen molar-refractivity contribution in [1.82, 2.24) is 5.16 Å². The van der Waals surface area contributed by atoms with Crippen LogP contribution in [0.5, 0.6) is 0 Å². The molecular weight excluding hydrogens is 514 g/mol. The summed E-state index contributed by atoms with van der Waals surface area (Å²) in [5.74, 6) is -0.679. The maximum Gasteiger partial charge on any atom is 0.259 e. The summed E-state index contributed by atoms with van der Waals surface area (Å²) in [6.07, 6.45) is 3.66. The molecule has 1 N–H and O–H groups in total. The molecule has 8 heteroatoms. The SMILES string of the molecule is Cc1noc(/C=C/c2ccccc2)c1N1CC2=C(C(=O)c3ccccc3C2=O)C12C(=O)Nc1ccc(Cl)cc12. The number of hydrogen-bond acceptors (Lipinski definition) is 6. The van der Waals surface area contributed by atoms with Crippen LogP contribution in [0.25, 0.3) is 12.2 Å². The van der Waals surface area contributed by atoms with Crippen LogP contribution in [0.3, 0.4) is 0 Å². The molecule has 3 aliphatic rings. The van der Waals surface area contributed by atoms with Crippen molar-refractivity contribution in [1.29, 1.82) is 0 Å². The van der Waals surface area contributed by atoms with E-state index in [0.29, 0.717) is 39.0 Å². The summed E-state index contributed by atoms with van der Waals surface area (Å²) in [5.41, 5.74) is 2.40. The first-order valence-corrected chi connectivity index (χ1v) is 12.8. The summed E-state index contributed by atoms with van der Waals surface area (Å²) in [5, 5.41) is 7.54. The van der Waals surface area contributed by atoms with Crippen molar-refractivity contribution in [2.24, 2.45) is 0 Å². The third-order valence-electron chi connectivity index (χ3n) is 7.60. The number of fused-ring (bicyclic) bond motifs is 4. The molecule has 3 aromatic carbocycles. The molecule has 7 nitrogen and oxygen atoms in total. The van der Waals surface area contributed by atoms with Gasteiger partial charge in [-0.05, 0) is 36.8 Å². The number of aromatic nitrogens is 1. The molecule has 1 atom stereocenters. The van der Waals surface area contributed by atoms with Crippen molar-refractivity contribution < 1.29 is 18.9 Å². The first-order chi connectivity index (χ1) is 18.9. The number of rotatable bonds is 3. The van der Waals surface area contributed by atoms with E-state index in [-0.39, 0.29) is 34.8 Å². The molecule has 0 saturated heterocycles. The van der Waals surface area contributed by atoms with Gasteiger partial charge in [-0.25, -0.2) is 0 Å². The van der Waals surface area contributed by atoms with Crippen LogP contribution >= 0.6 is 11.6 Å². The topological polar surface area (TPSA) is 92.5 Å². The number of carbonyl (C=O) groups excluding carboxylic acids is 3. The van der Waals surface area contributed by atoms with E-state index in [4.69, 9.17) is 16.1 Å². The van der Waals surface area contributed by atoms with E-state index in [0.717, 1.165) is 5.56 Å². The minimum atomic E-state index is -1.64. The second kappa shape index (κ2) is 8.38. The summed E-state index contributed by atoms with van der Waals surface area (Å²) in [6.45, 7) is 1.79. The van der Waals surface area contributed by atoms with Crippen molar-refractivity contribution in [2.45, 2.75) is 12.5 Å². The molecule has 1 amide bonds. The Bertz CT molecular complexity index is 1800. The van der Waals surface area contributed by atoms with Crippen LogP contribution in [-0.4, -0.2) is 29.2 Å². The number of carbonyl (C=O) groups is 3. The maximum atomic E-state index is 14.1. The van der Waals surface area contributed by atoms with Crippen LogP contribution in [0.1, 0.15) is 43.3 Å². The minimum Gasteiger partial charge on any atom is -0.354 e. The van der Waals surface area contributed by atoms with Gasteiger partial charge >= 0.3 is 0 Å². The smallest absolute Gasteiger partial charge is 0.259 e. The second-order valence-corrected chi connectivity index (χ2v) is 10.2. The number of hydrogen-bond donors (Lipinski definition) is 1. The number of nitrogens with zero attached hydrogens (tertiary/aromatic N) is 2. The molecule has 7 rings (SSSR count). The molecule has 1 aliphatic carbocycles. The first-order valence-electron chi connectivity index (χ1n) is 12.4. The summed E-state index contributed by atoms with van der Waals surface area (Å²) in [6, 6.07) is 21.5. The predicted octanol–water partition coefficient (Wildman–Crippen LogP) is 5.85. The highest BCUT2D eigenvalue weighted by molar-refractivity contribution is 6.34. The molecule has 4 aromatic rings. The monoisotopic (exact) mass is 533 g/mol. The average molecular weight is 534 g/mol. The number of benzene rings is 3. The van der Waals surface area contributed by atoms with Gasteiger partial charge in [0, 0.05) is 45.1 Å². The standard InChI is InChI=1S/C31H20ClN3O4/c1-17-27(25(39-34-17)14-11-18-7-3-2-4-8-18)35-16-22-26(29(37)21-10-6-5-9-20(21)28(22)36)31(35)23-15-19(32)12-13-24(23)33-30(31)38/h2-15H,16H2,1H3,(H,33,38)/b14-11+. The fraction of sp³-hybridized carbons (Fsp3) is 0.0968. The quantitative estimate of drug-likeness (QED) is 0.355. The Balaban J connectivity index is 1.48. The van der Waals surface area contributed by atoms with Gasteiger partial charge in [0.15, 0.2) is 22.9 Å². The van der Waals surface area contributed by atoms with Crippen LogP contribution in [0.15, 0.2) is 88.5 Å². The Morgan fingerprint density at radius 3 is 2.44 bits per heavy atom. The zero-order chi connectivity index (χ0) is 26.9. The number of halogens is 1. The lowest BCUT2D eigenvalue weighted by molar-refractivity contribution is -0.119.